The molecule has 2 aliphatic heterocycles. The Labute approximate surface area is 152 Å². The third-order valence-electron chi connectivity index (χ3n) is 4.40. The van der Waals surface area contributed by atoms with E-state index in [4.69, 9.17) is 4.74 Å². The van der Waals surface area contributed by atoms with Crippen LogP contribution in [0.15, 0.2) is 21.5 Å². The van der Waals surface area contributed by atoms with Gasteiger partial charge in [-0.2, -0.15) is 4.31 Å². The Morgan fingerprint density at radius 2 is 2.04 bits per heavy atom. The molecule has 130 valence electrons. The van der Waals surface area contributed by atoms with Crippen molar-refractivity contribution in [3.63, 3.8) is 0 Å². The van der Waals surface area contributed by atoms with Crippen molar-refractivity contribution in [1.82, 2.24) is 9.62 Å². The van der Waals surface area contributed by atoms with Crippen LogP contribution in [-0.2, 0) is 16.4 Å². The SMILES string of the molecule is CNCC1CCN(S(=O)(=O)c2cc(Br)cc3c2OCC3)CC1.Cl. The summed E-state index contributed by atoms with van der Waals surface area (Å²) in [6.45, 7) is 2.66. The zero-order valence-corrected chi connectivity index (χ0v) is 16.3. The summed E-state index contributed by atoms with van der Waals surface area (Å²) < 4.78 is 33.9. The van der Waals surface area contributed by atoms with Gasteiger partial charge in [-0.15, -0.1) is 12.4 Å². The number of hydrogen-bond donors (Lipinski definition) is 1. The number of fused-ring (bicyclic) bond motifs is 1. The van der Waals surface area contributed by atoms with Gasteiger partial charge in [0.25, 0.3) is 0 Å². The highest BCUT2D eigenvalue weighted by molar-refractivity contribution is 9.10. The highest BCUT2D eigenvalue weighted by atomic mass is 79.9. The molecule has 0 atom stereocenters. The van der Waals surface area contributed by atoms with Gasteiger partial charge >= 0.3 is 0 Å². The summed E-state index contributed by atoms with van der Waals surface area (Å²) in [4.78, 5) is 0.307. The number of sulfonamides is 1. The van der Waals surface area contributed by atoms with Gasteiger partial charge in [0, 0.05) is 29.5 Å². The predicted molar refractivity (Wildman–Crippen MR) is 96.0 cm³/mol. The van der Waals surface area contributed by atoms with E-state index in [9.17, 15) is 8.42 Å². The van der Waals surface area contributed by atoms with Gasteiger partial charge in [0.05, 0.1) is 6.61 Å². The van der Waals surface area contributed by atoms with Gasteiger partial charge < -0.3 is 10.1 Å². The van der Waals surface area contributed by atoms with E-state index in [2.05, 4.69) is 21.2 Å². The van der Waals surface area contributed by atoms with Crippen molar-refractivity contribution in [3.05, 3.63) is 22.2 Å². The Morgan fingerprint density at radius 3 is 2.70 bits per heavy atom. The monoisotopic (exact) mass is 424 g/mol. The molecule has 2 heterocycles. The molecule has 5 nitrogen and oxygen atoms in total. The van der Waals surface area contributed by atoms with Crippen LogP contribution in [0.4, 0.5) is 0 Å². The number of piperidine rings is 1. The van der Waals surface area contributed by atoms with E-state index in [0.717, 1.165) is 35.8 Å². The zero-order chi connectivity index (χ0) is 15.7. The molecule has 0 aromatic heterocycles. The fourth-order valence-electron chi connectivity index (χ4n) is 3.21. The maximum Gasteiger partial charge on any atom is 0.246 e. The first-order valence-corrected chi connectivity index (χ1v) is 9.85. The van der Waals surface area contributed by atoms with E-state index in [1.807, 2.05) is 13.1 Å². The molecule has 0 unspecified atom stereocenters. The lowest BCUT2D eigenvalue weighted by Crippen LogP contribution is -2.40. The van der Waals surface area contributed by atoms with Crippen LogP contribution in [-0.4, -0.2) is 46.0 Å². The van der Waals surface area contributed by atoms with Gasteiger partial charge in [-0.1, -0.05) is 15.9 Å². The number of halogens is 2. The second-order valence-corrected chi connectivity index (χ2v) is 8.72. The van der Waals surface area contributed by atoms with Crippen LogP contribution >= 0.6 is 28.3 Å². The highest BCUT2D eigenvalue weighted by Gasteiger charge is 2.33. The first-order chi connectivity index (χ1) is 10.5. The van der Waals surface area contributed by atoms with Crippen LogP contribution < -0.4 is 10.1 Å². The Balaban J connectivity index is 0.00000192. The van der Waals surface area contributed by atoms with Crippen LogP contribution in [0.25, 0.3) is 0 Å². The van der Waals surface area contributed by atoms with Crippen molar-refractivity contribution in [2.75, 3.05) is 33.3 Å². The third kappa shape index (κ3) is 3.85. The van der Waals surface area contributed by atoms with Gasteiger partial charge in [0.1, 0.15) is 10.6 Å². The average molecular weight is 426 g/mol. The number of nitrogens with one attached hydrogen (secondary N) is 1. The summed E-state index contributed by atoms with van der Waals surface area (Å²) in [6.07, 6.45) is 2.57. The third-order valence-corrected chi connectivity index (χ3v) is 6.76. The molecule has 0 bridgehead atoms. The van der Waals surface area contributed by atoms with Gasteiger partial charge in [-0.25, -0.2) is 8.42 Å². The summed E-state index contributed by atoms with van der Waals surface area (Å²) in [5.41, 5.74) is 0.970. The maximum atomic E-state index is 13.0. The number of nitrogens with zero attached hydrogens (tertiary/aromatic N) is 1. The standard InChI is InChI=1S/C15H21BrN2O3S.ClH/c1-17-10-11-2-5-18(6-3-11)22(19,20)14-9-13(16)8-12-4-7-21-15(12)14;/h8-9,11,17H,2-7,10H2,1H3;1H. The number of hydrogen-bond acceptors (Lipinski definition) is 4. The molecule has 2 aliphatic rings. The lowest BCUT2D eigenvalue weighted by molar-refractivity contribution is 0.269. The summed E-state index contributed by atoms with van der Waals surface area (Å²) in [7, 11) is -1.55. The van der Waals surface area contributed by atoms with Crippen molar-refractivity contribution in [3.8, 4) is 5.75 Å². The Hall–Kier alpha value is -0.340. The second kappa shape index (κ2) is 7.70. The molecule has 0 aliphatic carbocycles. The molecule has 3 rings (SSSR count). The molecule has 0 saturated carbocycles. The second-order valence-electron chi connectivity index (χ2n) is 5.90. The minimum atomic E-state index is -3.49. The molecule has 0 spiro atoms. The maximum absolute atomic E-state index is 13.0. The first-order valence-electron chi connectivity index (χ1n) is 7.62. The van der Waals surface area contributed by atoms with E-state index >= 15 is 0 Å². The van der Waals surface area contributed by atoms with Gasteiger partial charge in [0.2, 0.25) is 10.0 Å². The lowest BCUT2D eigenvalue weighted by Gasteiger charge is -2.31. The number of rotatable bonds is 4. The Bertz CT molecular complexity index is 661. The molecule has 1 fully saturated rings. The highest BCUT2D eigenvalue weighted by Crippen LogP contribution is 2.38. The fourth-order valence-corrected chi connectivity index (χ4v) is 5.54. The molecule has 23 heavy (non-hydrogen) atoms. The molecule has 8 heteroatoms. The normalized spacial score (nSPS) is 19.0. The summed E-state index contributed by atoms with van der Waals surface area (Å²) in [5, 5.41) is 3.17. The zero-order valence-electron chi connectivity index (χ0n) is 13.0. The summed E-state index contributed by atoms with van der Waals surface area (Å²) in [6, 6.07) is 3.61. The minimum absolute atomic E-state index is 0. The fraction of sp³-hybridized carbons (Fsp3) is 0.600. The molecular weight excluding hydrogens is 404 g/mol. The van der Waals surface area contributed by atoms with Crippen molar-refractivity contribution >= 4 is 38.4 Å². The molecular formula is C15H22BrClN2O3S. The molecule has 1 aromatic rings. The predicted octanol–water partition coefficient (Wildman–Crippen LogP) is 2.43. The molecule has 1 aromatic carbocycles. The van der Waals surface area contributed by atoms with E-state index < -0.39 is 10.0 Å². The minimum Gasteiger partial charge on any atom is -0.492 e. The van der Waals surface area contributed by atoms with Gasteiger partial charge in [0.15, 0.2) is 0 Å². The molecule has 0 amide bonds. The van der Waals surface area contributed by atoms with Gasteiger partial charge in [-0.05, 0) is 44.5 Å². The summed E-state index contributed by atoms with van der Waals surface area (Å²) in [5.74, 6) is 1.10. The van der Waals surface area contributed by atoms with E-state index in [-0.39, 0.29) is 12.4 Å². The lowest BCUT2D eigenvalue weighted by atomic mass is 9.98. The van der Waals surface area contributed by atoms with E-state index in [1.54, 1.807) is 10.4 Å². The van der Waals surface area contributed by atoms with Crippen LogP contribution in [0.3, 0.4) is 0 Å². The Morgan fingerprint density at radius 1 is 1.35 bits per heavy atom. The van der Waals surface area contributed by atoms with Crippen LogP contribution in [0, 0.1) is 5.92 Å². The van der Waals surface area contributed by atoms with E-state index in [0.29, 0.717) is 36.3 Å². The molecule has 1 N–H and O–H groups in total. The number of benzene rings is 1. The van der Waals surface area contributed by atoms with E-state index in [1.165, 1.54) is 0 Å². The average Bonchev–Trinajstić information content (AvgIpc) is 2.95. The van der Waals surface area contributed by atoms with Crippen LogP contribution in [0.5, 0.6) is 5.75 Å². The quantitative estimate of drug-likeness (QED) is 0.805. The topological polar surface area (TPSA) is 58.6 Å². The number of ether oxygens (including phenoxy) is 1. The molecule has 0 radical (unpaired) electrons. The Kier molecular flexibility index (Phi) is 6.35. The van der Waals surface area contributed by atoms with Crippen LogP contribution in [0.2, 0.25) is 0 Å². The van der Waals surface area contributed by atoms with Crippen molar-refractivity contribution in [2.45, 2.75) is 24.2 Å². The largest absolute Gasteiger partial charge is 0.492 e. The van der Waals surface area contributed by atoms with Crippen molar-refractivity contribution in [2.24, 2.45) is 5.92 Å². The summed E-state index contributed by atoms with van der Waals surface area (Å²) >= 11 is 3.42. The van der Waals surface area contributed by atoms with Crippen molar-refractivity contribution < 1.29 is 13.2 Å². The smallest absolute Gasteiger partial charge is 0.246 e. The molecule has 1 saturated heterocycles. The first kappa shape index (κ1) is 19.0. The van der Waals surface area contributed by atoms with Crippen LogP contribution in [0.1, 0.15) is 18.4 Å². The van der Waals surface area contributed by atoms with Crippen molar-refractivity contribution in [1.29, 1.82) is 0 Å². The van der Waals surface area contributed by atoms with Gasteiger partial charge in [-0.3, -0.25) is 0 Å².